The van der Waals surface area contributed by atoms with Gasteiger partial charge in [-0.3, -0.25) is 0 Å². The lowest BCUT2D eigenvalue weighted by Gasteiger charge is -2.09. The summed E-state index contributed by atoms with van der Waals surface area (Å²) < 4.78 is 0. The summed E-state index contributed by atoms with van der Waals surface area (Å²) in [7, 11) is 0. The maximum Gasteiger partial charge on any atom is 0.123 e. The van der Waals surface area contributed by atoms with Gasteiger partial charge in [-0.05, 0) is 18.3 Å². The van der Waals surface area contributed by atoms with Crippen LogP contribution in [0.1, 0.15) is 33.1 Å². The second-order valence-electron chi connectivity index (χ2n) is 3.28. The van der Waals surface area contributed by atoms with Crippen molar-refractivity contribution in [2.45, 2.75) is 33.1 Å². The molecule has 1 aliphatic carbocycles. The fourth-order valence-electron chi connectivity index (χ4n) is 1.83. The van der Waals surface area contributed by atoms with E-state index >= 15 is 0 Å². The number of hydrogen-bond donors (Lipinski definition) is 0. The molecule has 1 rings (SSSR count). The van der Waals surface area contributed by atoms with Gasteiger partial charge in [0.05, 0.1) is 0 Å². The molecule has 0 amide bonds. The summed E-state index contributed by atoms with van der Waals surface area (Å²) in [5, 5.41) is 0. The summed E-state index contributed by atoms with van der Waals surface area (Å²) in [4.78, 5) is 10.3. The minimum Gasteiger partial charge on any atom is -0.303 e. The second-order valence-corrected chi connectivity index (χ2v) is 3.28. The zero-order valence-corrected chi connectivity index (χ0v) is 6.84. The van der Waals surface area contributed by atoms with Gasteiger partial charge in [0.25, 0.3) is 0 Å². The highest BCUT2D eigenvalue weighted by atomic mass is 16.1. The smallest absolute Gasteiger partial charge is 0.123 e. The van der Waals surface area contributed by atoms with E-state index in [1.54, 1.807) is 0 Å². The summed E-state index contributed by atoms with van der Waals surface area (Å²) in [6.07, 6.45) is 4.77. The molecule has 10 heavy (non-hydrogen) atoms. The van der Waals surface area contributed by atoms with E-state index in [0.717, 1.165) is 24.5 Å². The van der Waals surface area contributed by atoms with Crippen LogP contribution in [0.25, 0.3) is 0 Å². The first-order valence-corrected chi connectivity index (χ1v) is 4.28. The topological polar surface area (TPSA) is 17.1 Å². The van der Waals surface area contributed by atoms with Crippen LogP contribution in [-0.4, -0.2) is 6.29 Å². The molecule has 0 N–H and O–H groups in total. The molecule has 0 aromatic rings. The van der Waals surface area contributed by atoms with Crippen LogP contribution in [0.3, 0.4) is 0 Å². The minimum atomic E-state index is 0.421. The molecule has 0 saturated heterocycles. The van der Waals surface area contributed by atoms with Crippen molar-refractivity contribution in [3.8, 4) is 0 Å². The van der Waals surface area contributed by atoms with Crippen molar-refractivity contribution in [2.75, 3.05) is 0 Å². The van der Waals surface area contributed by atoms with Gasteiger partial charge < -0.3 is 4.79 Å². The number of rotatable bonds is 4. The van der Waals surface area contributed by atoms with Gasteiger partial charge in [-0.2, -0.15) is 0 Å². The SMILES string of the molecule is CCC(CC)[C@@H]1C[C@@H]1C=O. The first-order valence-electron chi connectivity index (χ1n) is 4.28. The van der Waals surface area contributed by atoms with E-state index < -0.39 is 0 Å². The highest BCUT2D eigenvalue weighted by molar-refractivity contribution is 5.58. The molecule has 1 fully saturated rings. The Labute approximate surface area is 62.8 Å². The molecule has 0 aliphatic heterocycles. The molecule has 1 heteroatoms. The van der Waals surface area contributed by atoms with Gasteiger partial charge in [0, 0.05) is 5.92 Å². The van der Waals surface area contributed by atoms with E-state index in [1.807, 2.05) is 0 Å². The third kappa shape index (κ3) is 1.39. The van der Waals surface area contributed by atoms with Gasteiger partial charge in [0.2, 0.25) is 0 Å². The molecule has 1 saturated carbocycles. The van der Waals surface area contributed by atoms with Crippen LogP contribution in [-0.2, 0) is 4.79 Å². The maximum absolute atomic E-state index is 10.3. The van der Waals surface area contributed by atoms with Crippen LogP contribution in [0.2, 0.25) is 0 Å². The highest BCUT2D eigenvalue weighted by Crippen LogP contribution is 2.45. The Morgan fingerprint density at radius 2 is 2.10 bits per heavy atom. The lowest BCUT2D eigenvalue weighted by molar-refractivity contribution is -0.109. The van der Waals surface area contributed by atoms with Gasteiger partial charge in [0.1, 0.15) is 6.29 Å². The van der Waals surface area contributed by atoms with Crippen molar-refractivity contribution < 1.29 is 4.79 Å². The average molecular weight is 140 g/mol. The van der Waals surface area contributed by atoms with Crippen molar-refractivity contribution in [2.24, 2.45) is 17.8 Å². The zero-order chi connectivity index (χ0) is 7.56. The highest BCUT2D eigenvalue weighted by Gasteiger charge is 2.40. The van der Waals surface area contributed by atoms with Crippen molar-refractivity contribution in [3.05, 3.63) is 0 Å². The minimum absolute atomic E-state index is 0.421. The van der Waals surface area contributed by atoms with Gasteiger partial charge in [0.15, 0.2) is 0 Å². The van der Waals surface area contributed by atoms with Gasteiger partial charge in [-0.1, -0.05) is 26.7 Å². The molecular weight excluding hydrogens is 124 g/mol. The summed E-state index contributed by atoms with van der Waals surface area (Å²) in [5.74, 6) is 1.98. The fraction of sp³-hybridized carbons (Fsp3) is 0.889. The van der Waals surface area contributed by atoms with Crippen LogP contribution in [0.5, 0.6) is 0 Å². The zero-order valence-electron chi connectivity index (χ0n) is 6.84. The maximum atomic E-state index is 10.3. The molecule has 0 unspecified atom stereocenters. The molecule has 0 radical (unpaired) electrons. The molecule has 0 aromatic carbocycles. The molecule has 0 spiro atoms. The van der Waals surface area contributed by atoms with Crippen LogP contribution in [0.4, 0.5) is 0 Å². The number of aldehydes is 1. The Kier molecular flexibility index (Phi) is 2.47. The summed E-state index contributed by atoms with van der Waals surface area (Å²) in [6, 6.07) is 0. The van der Waals surface area contributed by atoms with Gasteiger partial charge >= 0.3 is 0 Å². The first-order chi connectivity index (χ1) is 4.83. The fourth-order valence-corrected chi connectivity index (χ4v) is 1.83. The van der Waals surface area contributed by atoms with Gasteiger partial charge in [-0.15, -0.1) is 0 Å². The third-order valence-corrected chi connectivity index (χ3v) is 2.72. The van der Waals surface area contributed by atoms with Crippen LogP contribution in [0.15, 0.2) is 0 Å². The molecule has 58 valence electrons. The largest absolute Gasteiger partial charge is 0.303 e. The quantitative estimate of drug-likeness (QED) is 0.547. The number of carbonyl (C=O) groups excluding carboxylic acids is 1. The summed E-state index contributed by atoms with van der Waals surface area (Å²) in [5.41, 5.74) is 0. The number of carbonyl (C=O) groups is 1. The Hall–Kier alpha value is -0.330. The van der Waals surface area contributed by atoms with Crippen molar-refractivity contribution in [1.29, 1.82) is 0 Å². The van der Waals surface area contributed by atoms with E-state index in [2.05, 4.69) is 13.8 Å². The molecule has 1 nitrogen and oxygen atoms in total. The first kappa shape index (κ1) is 7.77. The molecule has 0 bridgehead atoms. The predicted molar refractivity (Wildman–Crippen MR) is 41.7 cm³/mol. The lowest BCUT2D eigenvalue weighted by atomic mass is 9.96. The molecule has 0 aromatic heterocycles. The summed E-state index contributed by atoms with van der Waals surface area (Å²) >= 11 is 0. The Morgan fingerprint density at radius 3 is 2.40 bits per heavy atom. The number of hydrogen-bond acceptors (Lipinski definition) is 1. The third-order valence-electron chi connectivity index (χ3n) is 2.72. The molecular formula is C9H16O. The Balaban J connectivity index is 2.29. The molecule has 1 aliphatic rings. The lowest BCUT2D eigenvalue weighted by Crippen LogP contribution is -2.01. The van der Waals surface area contributed by atoms with Crippen LogP contribution in [0, 0.1) is 17.8 Å². The van der Waals surface area contributed by atoms with E-state index in [0.29, 0.717) is 5.92 Å². The van der Waals surface area contributed by atoms with E-state index in [9.17, 15) is 4.79 Å². The Morgan fingerprint density at radius 1 is 1.50 bits per heavy atom. The monoisotopic (exact) mass is 140 g/mol. The molecule has 2 atom stereocenters. The van der Waals surface area contributed by atoms with Crippen LogP contribution >= 0.6 is 0 Å². The average Bonchev–Trinajstić information content (AvgIpc) is 2.70. The summed E-state index contributed by atoms with van der Waals surface area (Å²) in [6.45, 7) is 4.43. The van der Waals surface area contributed by atoms with Crippen LogP contribution < -0.4 is 0 Å². The van der Waals surface area contributed by atoms with Gasteiger partial charge in [-0.25, -0.2) is 0 Å². The predicted octanol–water partition coefficient (Wildman–Crippen LogP) is 2.26. The van der Waals surface area contributed by atoms with E-state index in [4.69, 9.17) is 0 Å². The van der Waals surface area contributed by atoms with Crippen molar-refractivity contribution in [3.63, 3.8) is 0 Å². The normalized spacial score (nSPS) is 30.7. The molecule has 0 heterocycles. The van der Waals surface area contributed by atoms with E-state index in [-0.39, 0.29) is 0 Å². The van der Waals surface area contributed by atoms with E-state index in [1.165, 1.54) is 12.8 Å². The Bertz CT molecular complexity index is 116. The second kappa shape index (κ2) is 3.18. The van der Waals surface area contributed by atoms with Crippen molar-refractivity contribution in [1.82, 2.24) is 0 Å². The van der Waals surface area contributed by atoms with Crippen molar-refractivity contribution >= 4 is 6.29 Å². The standard InChI is InChI=1S/C9H16O/c1-3-7(4-2)9-5-8(9)6-10/h6-9H,3-5H2,1-2H3/t8-,9+/m1/s1.